The second kappa shape index (κ2) is 12.5. The summed E-state index contributed by atoms with van der Waals surface area (Å²) in [5.41, 5.74) is 3.72. The lowest BCUT2D eigenvalue weighted by atomic mass is 10.1. The highest BCUT2D eigenvalue weighted by Crippen LogP contribution is 2.26. The summed E-state index contributed by atoms with van der Waals surface area (Å²) in [5.74, 6) is 0.699. The molecule has 3 aromatic rings. The number of aromatic nitrogens is 5. The molecule has 0 aromatic carbocycles. The third-order valence-corrected chi connectivity index (χ3v) is 5.93. The number of imidazole rings is 1. The van der Waals surface area contributed by atoms with Crippen molar-refractivity contribution in [2.75, 3.05) is 39.2 Å². The quantitative estimate of drug-likeness (QED) is 0.365. The van der Waals surface area contributed by atoms with Gasteiger partial charge in [0.25, 0.3) is 0 Å². The first-order valence-electron chi connectivity index (χ1n) is 11.8. The maximum absolute atomic E-state index is 5.32. The molecule has 9 nitrogen and oxygen atoms in total. The van der Waals surface area contributed by atoms with E-state index in [1.807, 2.05) is 56.0 Å². The smallest absolute Gasteiger partial charge is 0.180 e. The average Bonchev–Trinajstić information content (AvgIpc) is 3.55. The lowest BCUT2D eigenvalue weighted by Gasteiger charge is -2.33. The van der Waals surface area contributed by atoms with Crippen molar-refractivity contribution in [2.45, 2.75) is 45.9 Å². The summed E-state index contributed by atoms with van der Waals surface area (Å²) >= 11 is 0. The number of rotatable bonds is 9. The van der Waals surface area contributed by atoms with Crippen LogP contribution in [0.25, 0.3) is 11.2 Å². The highest BCUT2D eigenvalue weighted by molar-refractivity contribution is 5.73. The van der Waals surface area contributed by atoms with E-state index in [0.29, 0.717) is 11.9 Å². The number of fused-ring (bicyclic) bond motifs is 1. The number of nitrogens with one attached hydrogen (secondary N) is 1. The Morgan fingerprint density at radius 1 is 1.21 bits per heavy atom. The lowest BCUT2D eigenvalue weighted by Crippen LogP contribution is -2.40. The minimum atomic E-state index is -0.179. The Kier molecular flexibility index (Phi) is 9.38. The molecule has 4 heterocycles. The molecule has 1 N–H and O–H groups in total. The highest BCUT2D eigenvalue weighted by atomic mass is 16.7. The zero-order chi connectivity index (χ0) is 24.5. The first-order chi connectivity index (χ1) is 16.6. The number of anilines is 2. The molecule has 1 fully saturated rings. The predicted octanol–water partition coefficient (Wildman–Crippen LogP) is 4.54. The van der Waals surface area contributed by atoms with Gasteiger partial charge in [-0.05, 0) is 25.3 Å². The Morgan fingerprint density at radius 3 is 2.62 bits per heavy atom. The van der Waals surface area contributed by atoms with Gasteiger partial charge in [0.05, 0.1) is 29.8 Å². The third-order valence-electron chi connectivity index (χ3n) is 5.93. The summed E-state index contributed by atoms with van der Waals surface area (Å²) in [7, 11) is 3.36. The molecule has 0 unspecified atom stereocenters. The van der Waals surface area contributed by atoms with Crippen LogP contribution in [0.2, 0.25) is 0 Å². The molecular formula is C25H37N7O2. The molecule has 0 aliphatic carbocycles. The highest BCUT2D eigenvalue weighted by Gasteiger charge is 2.23. The van der Waals surface area contributed by atoms with Gasteiger partial charge in [-0.2, -0.15) is 5.10 Å². The van der Waals surface area contributed by atoms with E-state index in [4.69, 9.17) is 9.47 Å². The first-order valence-corrected chi connectivity index (χ1v) is 11.8. The van der Waals surface area contributed by atoms with E-state index in [-0.39, 0.29) is 6.29 Å². The lowest BCUT2D eigenvalue weighted by molar-refractivity contribution is -0.118. The van der Waals surface area contributed by atoms with Crippen molar-refractivity contribution in [3.8, 4) is 0 Å². The Balaban J connectivity index is 0.00000158. The van der Waals surface area contributed by atoms with Gasteiger partial charge < -0.3 is 14.8 Å². The fourth-order valence-electron chi connectivity index (χ4n) is 4.12. The van der Waals surface area contributed by atoms with E-state index in [1.165, 1.54) is 0 Å². The molecule has 0 saturated carbocycles. The van der Waals surface area contributed by atoms with Crippen LogP contribution in [-0.2, 0) is 9.47 Å². The molecule has 1 aliphatic heterocycles. The Bertz CT molecular complexity index is 1080. The molecular weight excluding hydrogens is 430 g/mol. The molecule has 1 saturated heterocycles. The largest absolute Gasteiger partial charge is 0.355 e. The van der Waals surface area contributed by atoms with Crippen molar-refractivity contribution in [1.29, 1.82) is 0 Å². The topological polar surface area (TPSA) is 81.7 Å². The molecule has 0 amide bonds. The van der Waals surface area contributed by atoms with Crippen molar-refractivity contribution >= 4 is 22.7 Å². The predicted molar refractivity (Wildman–Crippen MR) is 136 cm³/mol. The third kappa shape index (κ3) is 5.91. The zero-order valence-corrected chi connectivity index (χ0v) is 20.9. The van der Waals surface area contributed by atoms with Crippen LogP contribution in [0.3, 0.4) is 0 Å². The van der Waals surface area contributed by atoms with Crippen LogP contribution in [0.1, 0.15) is 45.3 Å². The Labute approximate surface area is 202 Å². The van der Waals surface area contributed by atoms with Crippen molar-refractivity contribution < 1.29 is 9.47 Å². The van der Waals surface area contributed by atoms with Gasteiger partial charge in [0, 0.05) is 52.4 Å². The summed E-state index contributed by atoms with van der Waals surface area (Å²) in [4.78, 5) is 11.5. The van der Waals surface area contributed by atoms with Crippen LogP contribution in [0, 0.1) is 0 Å². The van der Waals surface area contributed by atoms with Crippen molar-refractivity contribution in [3.63, 3.8) is 0 Å². The van der Waals surface area contributed by atoms with Crippen LogP contribution in [0.5, 0.6) is 0 Å². The van der Waals surface area contributed by atoms with E-state index in [2.05, 4.69) is 36.5 Å². The molecule has 184 valence electrons. The van der Waals surface area contributed by atoms with Gasteiger partial charge >= 0.3 is 0 Å². The summed E-state index contributed by atoms with van der Waals surface area (Å²) in [6, 6.07) is 0.374. The van der Waals surface area contributed by atoms with Gasteiger partial charge in [0.2, 0.25) is 0 Å². The fraction of sp³-hybridized carbons (Fsp3) is 0.480. The Hall–Kier alpha value is -3.01. The molecule has 0 spiro atoms. The van der Waals surface area contributed by atoms with Gasteiger partial charge in [0.1, 0.15) is 0 Å². The number of nitrogens with zero attached hydrogens (tertiary/aromatic N) is 6. The number of allylic oxidation sites excluding steroid dienone is 3. The average molecular weight is 468 g/mol. The van der Waals surface area contributed by atoms with Gasteiger partial charge in [-0.25, -0.2) is 9.97 Å². The molecule has 3 aromatic heterocycles. The van der Waals surface area contributed by atoms with Crippen LogP contribution in [0.4, 0.5) is 11.5 Å². The molecule has 1 aliphatic rings. The monoisotopic (exact) mass is 467 g/mol. The van der Waals surface area contributed by atoms with Crippen LogP contribution in [-0.4, -0.2) is 69.2 Å². The molecule has 4 rings (SSSR count). The maximum atomic E-state index is 5.32. The van der Waals surface area contributed by atoms with E-state index >= 15 is 0 Å². The number of likely N-dealkylation sites (tertiary alicyclic amines) is 1. The number of ether oxygens (including phenoxy) is 2. The van der Waals surface area contributed by atoms with Gasteiger partial charge in [-0.1, -0.05) is 32.6 Å². The normalized spacial score (nSPS) is 15.4. The second-order valence-electron chi connectivity index (χ2n) is 7.97. The van der Waals surface area contributed by atoms with Crippen LogP contribution < -0.4 is 5.32 Å². The minimum Gasteiger partial charge on any atom is -0.355 e. The van der Waals surface area contributed by atoms with Gasteiger partial charge in [-0.3, -0.25) is 14.0 Å². The standard InChI is InChI=1S/C23H31N7O2.C2H6/c1-5-6-17(2)20-14-25-22(23-24-9-12-29(20)23)27-18-13-26-30(15-18)19-7-10-28(11-8-19)16-21(31-3)32-4;1-2/h5-6,9,12-15,19,21H,1,7-8,10-11,16H2,2-4H3,(H,25,27);1-2H3/b17-6+;. The molecule has 34 heavy (non-hydrogen) atoms. The first kappa shape index (κ1) is 25.6. The van der Waals surface area contributed by atoms with E-state index in [0.717, 1.165) is 55.1 Å². The molecule has 9 heteroatoms. The van der Waals surface area contributed by atoms with E-state index in [1.54, 1.807) is 26.5 Å². The summed E-state index contributed by atoms with van der Waals surface area (Å²) in [6.07, 6.45) is 15.1. The molecule has 0 atom stereocenters. The molecule has 0 bridgehead atoms. The number of methoxy groups -OCH3 is 2. The van der Waals surface area contributed by atoms with Crippen molar-refractivity contribution in [3.05, 3.63) is 55.4 Å². The van der Waals surface area contributed by atoms with Crippen molar-refractivity contribution in [2.24, 2.45) is 0 Å². The number of hydrogen-bond acceptors (Lipinski definition) is 7. The minimum absolute atomic E-state index is 0.179. The Morgan fingerprint density at radius 2 is 1.94 bits per heavy atom. The van der Waals surface area contributed by atoms with Crippen LogP contribution >= 0.6 is 0 Å². The SMILES string of the molecule is C=C/C=C(\C)c1cnc(Nc2cnn(C3CCN(CC(OC)OC)CC3)c2)c2nccn12.CC. The maximum Gasteiger partial charge on any atom is 0.180 e. The van der Waals surface area contributed by atoms with E-state index < -0.39 is 0 Å². The van der Waals surface area contributed by atoms with Crippen LogP contribution in [0.15, 0.2) is 49.7 Å². The summed E-state index contributed by atoms with van der Waals surface area (Å²) < 4.78 is 14.7. The second-order valence-corrected chi connectivity index (χ2v) is 7.97. The molecule has 0 radical (unpaired) electrons. The van der Waals surface area contributed by atoms with Crippen molar-refractivity contribution in [1.82, 2.24) is 29.0 Å². The number of piperidine rings is 1. The van der Waals surface area contributed by atoms with E-state index in [9.17, 15) is 0 Å². The summed E-state index contributed by atoms with van der Waals surface area (Å²) in [6.45, 7) is 12.6. The summed E-state index contributed by atoms with van der Waals surface area (Å²) in [5, 5.41) is 7.98. The number of hydrogen-bond donors (Lipinski definition) is 1. The van der Waals surface area contributed by atoms with Gasteiger partial charge in [-0.15, -0.1) is 0 Å². The van der Waals surface area contributed by atoms with Gasteiger partial charge in [0.15, 0.2) is 17.8 Å². The zero-order valence-electron chi connectivity index (χ0n) is 20.9. The fourth-order valence-corrected chi connectivity index (χ4v) is 4.12.